The fourth-order valence-corrected chi connectivity index (χ4v) is 3.97. The molecule has 1 amide bonds. The van der Waals surface area contributed by atoms with E-state index in [9.17, 15) is 4.79 Å². The third-order valence-electron chi connectivity index (χ3n) is 5.27. The van der Waals surface area contributed by atoms with E-state index in [0.29, 0.717) is 24.7 Å². The molecule has 0 saturated heterocycles. The quantitative estimate of drug-likeness (QED) is 0.754. The fraction of sp³-hybridized carbons (Fsp3) is 0.450. The first-order valence-corrected chi connectivity index (χ1v) is 9.59. The van der Waals surface area contributed by atoms with Crippen LogP contribution < -0.4 is 0 Å². The van der Waals surface area contributed by atoms with Gasteiger partial charge in [0.1, 0.15) is 5.82 Å². The third-order valence-corrected chi connectivity index (χ3v) is 5.27. The number of rotatable bonds is 5. The second-order valence-corrected chi connectivity index (χ2v) is 7.40. The molecule has 0 bridgehead atoms. The third kappa shape index (κ3) is 3.18. The van der Waals surface area contributed by atoms with Crippen molar-refractivity contribution in [3.05, 3.63) is 59.7 Å². The molecule has 1 aliphatic rings. The summed E-state index contributed by atoms with van der Waals surface area (Å²) >= 11 is 0. The number of nitrogens with zero attached hydrogens (tertiary/aromatic N) is 5. The number of carbonyl (C=O) groups excluding carboxylic acids is 1. The van der Waals surface area contributed by atoms with E-state index < -0.39 is 0 Å². The summed E-state index contributed by atoms with van der Waals surface area (Å²) in [6.07, 6.45) is 6.75. The molecular formula is C20H26N6O. The molecule has 0 radical (unpaired) electrons. The van der Waals surface area contributed by atoms with Crippen LogP contribution >= 0.6 is 0 Å². The zero-order valence-corrected chi connectivity index (χ0v) is 16.1. The van der Waals surface area contributed by atoms with Crippen LogP contribution in [0.1, 0.15) is 66.9 Å². The highest BCUT2D eigenvalue weighted by Gasteiger charge is 2.31. The summed E-state index contributed by atoms with van der Waals surface area (Å²) in [5.41, 5.74) is 2.59. The molecule has 4 rings (SSSR count). The minimum absolute atomic E-state index is 0.00786. The van der Waals surface area contributed by atoms with Gasteiger partial charge in [0.25, 0.3) is 5.91 Å². The van der Waals surface area contributed by atoms with Crippen molar-refractivity contribution in [1.29, 1.82) is 0 Å². The van der Waals surface area contributed by atoms with Gasteiger partial charge >= 0.3 is 0 Å². The van der Waals surface area contributed by atoms with Crippen molar-refractivity contribution in [2.24, 2.45) is 0 Å². The molecule has 7 nitrogen and oxygen atoms in total. The molecule has 1 atom stereocenters. The summed E-state index contributed by atoms with van der Waals surface area (Å²) in [4.78, 5) is 19.5. The summed E-state index contributed by atoms with van der Waals surface area (Å²) < 4.78 is 4.33. The lowest BCUT2D eigenvalue weighted by atomic mass is 10.1. The highest BCUT2D eigenvalue weighted by Crippen LogP contribution is 2.29. The average Bonchev–Trinajstić information content (AvgIpc) is 3.40. The van der Waals surface area contributed by atoms with Crippen molar-refractivity contribution in [2.75, 3.05) is 6.54 Å². The molecule has 3 aromatic rings. The Balaban J connectivity index is 1.53. The smallest absolute Gasteiger partial charge is 0.274 e. The number of hydrogen-bond acceptors (Lipinski definition) is 3. The first-order valence-electron chi connectivity index (χ1n) is 9.59. The molecule has 1 unspecified atom stereocenters. The number of nitrogens with one attached hydrogen (secondary N) is 1. The zero-order valence-electron chi connectivity index (χ0n) is 16.1. The van der Waals surface area contributed by atoms with E-state index in [1.54, 1.807) is 0 Å². The average molecular weight is 366 g/mol. The largest absolute Gasteiger partial charge is 0.348 e. The molecule has 4 heterocycles. The Bertz CT molecular complexity index is 934. The van der Waals surface area contributed by atoms with Crippen molar-refractivity contribution < 1.29 is 4.79 Å². The lowest BCUT2D eigenvalue weighted by Gasteiger charge is -2.36. The number of amides is 1. The molecule has 0 spiro atoms. The first kappa shape index (κ1) is 17.6. The standard InChI is InChI=1S/C20H26N6O/c1-4-17-18-6-5-8-24(18)10-11-26(17)20(27)16-12-15(22-23-16)13-25-9-7-21-19(25)14(2)3/h5-9,12,14,17H,4,10-11,13H2,1-3H3,(H,22,23). The number of H-pyrrole nitrogens is 1. The van der Waals surface area contributed by atoms with Crippen molar-refractivity contribution in [2.45, 2.75) is 52.2 Å². The second-order valence-electron chi connectivity index (χ2n) is 7.40. The van der Waals surface area contributed by atoms with E-state index in [-0.39, 0.29) is 11.9 Å². The van der Waals surface area contributed by atoms with Crippen LogP contribution in [0, 0.1) is 0 Å². The van der Waals surface area contributed by atoms with Gasteiger partial charge in [-0.1, -0.05) is 20.8 Å². The predicted molar refractivity (Wildman–Crippen MR) is 103 cm³/mol. The highest BCUT2D eigenvalue weighted by atomic mass is 16.2. The Labute approximate surface area is 159 Å². The molecule has 0 aliphatic carbocycles. The molecule has 142 valence electrons. The molecule has 27 heavy (non-hydrogen) atoms. The van der Waals surface area contributed by atoms with E-state index in [4.69, 9.17) is 0 Å². The van der Waals surface area contributed by atoms with Gasteiger partial charge in [-0.2, -0.15) is 5.10 Å². The molecule has 7 heteroatoms. The van der Waals surface area contributed by atoms with E-state index in [2.05, 4.69) is 63.4 Å². The van der Waals surface area contributed by atoms with Crippen LogP contribution in [0.25, 0.3) is 0 Å². The van der Waals surface area contributed by atoms with Crippen LogP contribution in [-0.4, -0.2) is 41.7 Å². The first-order chi connectivity index (χ1) is 13.1. The number of imidazole rings is 1. The van der Waals surface area contributed by atoms with Gasteiger partial charge in [-0.05, 0) is 24.6 Å². The van der Waals surface area contributed by atoms with Crippen LogP contribution in [0.15, 0.2) is 36.8 Å². The fourth-order valence-electron chi connectivity index (χ4n) is 3.97. The molecule has 1 aliphatic heterocycles. The van der Waals surface area contributed by atoms with Crippen LogP contribution in [0.5, 0.6) is 0 Å². The van der Waals surface area contributed by atoms with Crippen molar-refractivity contribution in [3.63, 3.8) is 0 Å². The number of aromatic amines is 1. The van der Waals surface area contributed by atoms with Gasteiger partial charge in [0, 0.05) is 43.3 Å². The number of carbonyl (C=O) groups is 1. The van der Waals surface area contributed by atoms with Crippen LogP contribution in [0.3, 0.4) is 0 Å². The molecular weight excluding hydrogens is 340 g/mol. The Morgan fingerprint density at radius 2 is 2.19 bits per heavy atom. The minimum Gasteiger partial charge on any atom is -0.348 e. The highest BCUT2D eigenvalue weighted by molar-refractivity contribution is 5.92. The van der Waals surface area contributed by atoms with Gasteiger partial charge in [-0.25, -0.2) is 4.98 Å². The number of aromatic nitrogens is 5. The van der Waals surface area contributed by atoms with Gasteiger partial charge in [0.15, 0.2) is 5.69 Å². The maximum atomic E-state index is 13.1. The maximum Gasteiger partial charge on any atom is 0.274 e. The zero-order chi connectivity index (χ0) is 19.0. The van der Waals surface area contributed by atoms with Crippen LogP contribution in [0.2, 0.25) is 0 Å². The van der Waals surface area contributed by atoms with Gasteiger partial charge in [0.2, 0.25) is 0 Å². The van der Waals surface area contributed by atoms with Crippen LogP contribution in [0.4, 0.5) is 0 Å². The van der Waals surface area contributed by atoms with Crippen molar-refractivity contribution in [3.8, 4) is 0 Å². The van der Waals surface area contributed by atoms with E-state index >= 15 is 0 Å². The summed E-state index contributed by atoms with van der Waals surface area (Å²) in [6, 6.07) is 6.13. The lowest BCUT2D eigenvalue weighted by molar-refractivity contribution is 0.0611. The number of hydrogen-bond donors (Lipinski definition) is 1. The molecule has 0 fully saturated rings. The maximum absolute atomic E-state index is 13.1. The van der Waals surface area contributed by atoms with Gasteiger partial charge < -0.3 is 14.0 Å². The summed E-state index contributed by atoms with van der Waals surface area (Å²) in [7, 11) is 0. The second kappa shape index (κ2) is 7.06. The number of fused-ring (bicyclic) bond motifs is 1. The van der Waals surface area contributed by atoms with E-state index in [1.165, 1.54) is 5.69 Å². The normalized spacial score (nSPS) is 16.7. The Morgan fingerprint density at radius 3 is 2.96 bits per heavy atom. The molecule has 1 N–H and O–H groups in total. The lowest BCUT2D eigenvalue weighted by Crippen LogP contribution is -2.41. The topological polar surface area (TPSA) is 71.7 Å². The van der Waals surface area contributed by atoms with Gasteiger partial charge in [-0.3, -0.25) is 9.89 Å². The monoisotopic (exact) mass is 366 g/mol. The molecule has 0 aromatic carbocycles. The predicted octanol–water partition coefficient (Wildman–Crippen LogP) is 3.19. The van der Waals surface area contributed by atoms with Gasteiger partial charge in [0.05, 0.1) is 18.3 Å². The minimum atomic E-state index is -0.00786. The van der Waals surface area contributed by atoms with Crippen LogP contribution in [-0.2, 0) is 13.1 Å². The van der Waals surface area contributed by atoms with E-state index in [1.807, 2.05) is 23.4 Å². The Kier molecular flexibility index (Phi) is 4.59. The molecule has 0 saturated carbocycles. The molecule has 3 aromatic heterocycles. The summed E-state index contributed by atoms with van der Waals surface area (Å²) in [5, 5.41) is 7.33. The van der Waals surface area contributed by atoms with Gasteiger partial charge in [-0.15, -0.1) is 0 Å². The summed E-state index contributed by atoms with van der Waals surface area (Å²) in [5.74, 6) is 1.37. The Hall–Kier alpha value is -2.83. The van der Waals surface area contributed by atoms with E-state index in [0.717, 1.165) is 24.5 Å². The van der Waals surface area contributed by atoms with Crippen molar-refractivity contribution >= 4 is 5.91 Å². The SMILES string of the molecule is CCC1c2cccn2CCN1C(=O)c1cc(Cn2ccnc2C(C)C)[nH]n1. The Morgan fingerprint density at radius 1 is 1.33 bits per heavy atom. The van der Waals surface area contributed by atoms with Crippen molar-refractivity contribution in [1.82, 2.24) is 29.2 Å². The summed E-state index contributed by atoms with van der Waals surface area (Å²) in [6.45, 7) is 8.54.